The summed E-state index contributed by atoms with van der Waals surface area (Å²) in [5.74, 6) is 0. The van der Waals surface area contributed by atoms with Gasteiger partial charge in [-0.25, -0.2) is 13.1 Å². The highest BCUT2D eigenvalue weighted by Crippen LogP contribution is 2.16. The van der Waals surface area contributed by atoms with Crippen molar-refractivity contribution < 1.29 is 8.42 Å². The fraction of sp³-hybridized carbons (Fsp3) is 0.500. The van der Waals surface area contributed by atoms with Crippen molar-refractivity contribution in [2.75, 3.05) is 6.54 Å². The fourth-order valence-electron chi connectivity index (χ4n) is 1.44. The first-order chi connectivity index (χ1) is 8.33. The van der Waals surface area contributed by atoms with Crippen molar-refractivity contribution in [1.82, 2.24) is 4.72 Å². The van der Waals surface area contributed by atoms with Gasteiger partial charge >= 0.3 is 0 Å². The molecule has 0 bridgehead atoms. The van der Waals surface area contributed by atoms with Crippen LogP contribution in [0.25, 0.3) is 0 Å². The Kier molecular flexibility index (Phi) is 5.33. The molecule has 0 aliphatic rings. The second kappa shape index (κ2) is 6.14. The van der Waals surface area contributed by atoms with Crippen LogP contribution in [-0.4, -0.2) is 20.5 Å². The molecule has 1 aromatic carbocycles. The maximum Gasteiger partial charge on any atom is 0.240 e. The number of hydrogen-bond acceptors (Lipinski definition) is 3. The van der Waals surface area contributed by atoms with E-state index >= 15 is 0 Å². The normalized spacial score (nSPS) is 12.7. The zero-order chi connectivity index (χ0) is 13.8. The largest absolute Gasteiger partial charge is 0.324 e. The third-order valence-corrected chi connectivity index (χ3v) is 5.09. The molecule has 0 radical (unpaired) electrons. The smallest absolute Gasteiger partial charge is 0.240 e. The van der Waals surface area contributed by atoms with Crippen LogP contribution in [0.1, 0.15) is 26.7 Å². The molecule has 1 rings (SSSR count). The van der Waals surface area contributed by atoms with Gasteiger partial charge in [0.15, 0.2) is 0 Å². The number of nitrogens with one attached hydrogen (secondary N) is 1. The van der Waals surface area contributed by atoms with Gasteiger partial charge in [0.1, 0.15) is 0 Å². The molecule has 18 heavy (non-hydrogen) atoms. The molecule has 0 aliphatic heterocycles. The Bertz CT molecular complexity index is 481. The van der Waals surface area contributed by atoms with Crippen LogP contribution in [-0.2, 0) is 10.0 Å². The third-order valence-electron chi connectivity index (χ3n) is 3.15. The monoisotopic (exact) mass is 334 g/mol. The standard InChI is InChI=1S/C12H19BrN2O2S/c1-3-12(14,4-2)9-15-18(16,17)11-7-5-10(13)6-8-11/h5-8,15H,3-4,9,14H2,1-2H3. The number of hydrogen-bond donors (Lipinski definition) is 2. The van der Waals surface area contributed by atoms with Gasteiger partial charge in [-0.15, -0.1) is 0 Å². The molecule has 0 atom stereocenters. The van der Waals surface area contributed by atoms with Crippen molar-refractivity contribution in [3.8, 4) is 0 Å². The Morgan fingerprint density at radius 3 is 2.17 bits per heavy atom. The van der Waals surface area contributed by atoms with E-state index in [0.29, 0.717) is 0 Å². The average molecular weight is 335 g/mol. The fourth-order valence-corrected chi connectivity index (χ4v) is 2.84. The third kappa shape index (κ3) is 4.05. The van der Waals surface area contributed by atoms with Gasteiger partial charge in [-0.2, -0.15) is 0 Å². The van der Waals surface area contributed by atoms with Crippen LogP contribution in [0.2, 0.25) is 0 Å². The molecule has 0 unspecified atom stereocenters. The summed E-state index contributed by atoms with van der Waals surface area (Å²) in [6, 6.07) is 6.51. The quantitative estimate of drug-likeness (QED) is 0.837. The molecule has 0 saturated carbocycles. The van der Waals surface area contributed by atoms with E-state index in [4.69, 9.17) is 5.73 Å². The van der Waals surface area contributed by atoms with Crippen LogP contribution in [0.5, 0.6) is 0 Å². The van der Waals surface area contributed by atoms with Crippen molar-refractivity contribution in [3.05, 3.63) is 28.7 Å². The zero-order valence-corrected chi connectivity index (χ0v) is 13.0. The second-order valence-electron chi connectivity index (χ2n) is 4.35. The molecule has 4 nitrogen and oxygen atoms in total. The first-order valence-electron chi connectivity index (χ1n) is 5.87. The van der Waals surface area contributed by atoms with E-state index in [-0.39, 0.29) is 11.4 Å². The van der Waals surface area contributed by atoms with Gasteiger partial charge in [0.25, 0.3) is 0 Å². The van der Waals surface area contributed by atoms with E-state index in [1.54, 1.807) is 24.3 Å². The first kappa shape index (κ1) is 15.6. The first-order valence-corrected chi connectivity index (χ1v) is 8.15. The molecular weight excluding hydrogens is 316 g/mol. The number of nitrogens with two attached hydrogens (primary N) is 1. The van der Waals surface area contributed by atoms with Crippen molar-refractivity contribution in [2.45, 2.75) is 37.1 Å². The molecule has 0 aliphatic carbocycles. The van der Waals surface area contributed by atoms with E-state index < -0.39 is 15.6 Å². The topological polar surface area (TPSA) is 72.2 Å². The van der Waals surface area contributed by atoms with Gasteiger partial charge in [-0.1, -0.05) is 29.8 Å². The molecule has 0 saturated heterocycles. The lowest BCUT2D eigenvalue weighted by Gasteiger charge is -2.26. The molecular formula is C12H19BrN2O2S. The predicted octanol–water partition coefficient (Wildman–Crippen LogP) is 2.24. The summed E-state index contributed by atoms with van der Waals surface area (Å²) in [6.45, 7) is 4.16. The highest BCUT2D eigenvalue weighted by atomic mass is 79.9. The van der Waals surface area contributed by atoms with Crippen LogP contribution in [0.4, 0.5) is 0 Å². The SMILES string of the molecule is CCC(N)(CC)CNS(=O)(=O)c1ccc(Br)cc1. The molecule has 102 valence electrons. The molecule has 0 fully saturated rings. The zero-order valence-electron chi connectivity index (χ0n) is 10.6. The minimum absolute atomic E-state index is 0.248. The van der Waals surface area contributed by atoms with Crippen molar-refractivity contribution in [3.63, 3.8) is 0 Å². The molecule has 1 aromatic rings. The van der Waals surface area contributed by atoms with E-state index in [0.717, 1.165) is 17.3 Å². The lowest BCUT2D eigenvalue weighted by Crippen LogP contribution is -2.49. The minimum Gasteiger partial charge on any atom is -0.324 e. The van der Waals surface area contributed by atoms with E-state index in [2.05, 4.69) is 20.7 Å². The summed E-state index contributed by atoms with van der Waals surface area (Å²) >= 11 is 3.27. The molecule has 0 aromatic heterocycles. The molecule has 0 amide bonds. The number of benzene rings is 1. The number of rotatable bonds is 6. The Morgan fingerprint density at radius 2 is 1.72 bits per heavy atom. The summed E-state index contributed by atoms with van der Waals surface area (Å²) in [6.07, 6.45) is 1.46. The van der Waals surface area contributed by atoms with Gasteiger partial charge in [-0.05, 0) is 37.1 Å². The van der Waals surface area contributed by atoms with Gasteiger partial charge in [0.2, 0.25) is 10.0 Å². The Hall–Kier alpha value is -0.430. The number of sulfonamides is 1. The highest BCUT2D eigenvalue weighted by molar-refractivity contribution is 9.10. The molecule has 0 spiro atoms. The lowest BCUT2D eigenvalue weighted by molar-refractivity contribution is 0.392. The summed E-state index contributed by atoms with van der Waals surface area (Å²) in [7, 11) is -3.48. The van der Waals surface area contributed by atoms with Crippen molar-refractivity contribution in [1.29, 1.82) is 0 Å². The van der Waals surface area contributed by atoms with Crippen molar-refractivity contribution >= 4 is 26.0 Å². The summed E-state index contributed by atoms with van der Waals surface area (Å²) in [4.78, 5) is 0.250. The Morgan fingerprint density at radius 1 is 1.22 bits per heavy atom. The summed E-state index contributed by atoms with van der Waals surface area (Å²) in [5.41, 5.74) is 5.59. The lowest BCUT2D eigenvalue weighted by atomic mass is 9.95. The van der Waals surface area contributed by atoms with Gasteiger partial charge in [0, 0.05) is 16.6 Å². The van der Waals surface area contributed by atoms with Gasteiger partial charge < -0.3 is 5.73 Å². The Balaban J connectivity index is 2.80. The summed E-state index contributed by atoms with van der Waals surface area (Å²) in [5, 5.41) is 0. The molecule has 3 N–H and O–H groups in total. The van der Waals surface area contributed by atoms with Crippen LogP contribution < -0.4 is 10.5 Å². The van der Waals surface area contributed by atoms with Crippen LogP contribution in [0.15, 0.2) is 33.6 Å². The molecule has 0 heterocycles. The van der Waals surface area contributed by atoms with Crippen molar-refractivity contribution in [2.24, 2.45) is 5.73 Å². The van der Waals surface area contributed by atoms with Crippen LogP contribution >= 0.6 is 15.9 Å². The minimum atomic E-state index is -3.48. The van der Waals surface area contributed by atoms with E-state index in [9.17, 15) is 8.42 Å². The number of halogens is 1. The molecule has 6 heteroatoms. The van der Waals surface area contributed by atoms with Crippen LogP contribution in [0.3, 0.4) is 0 Å². The maximum absolute atomic E-state index is 12.0. The van der Waals surface area contributed by atoms with Crippen LogP contribution in [0, 0.1) is 0 Å². The Labute approximate surface area is 117 Å². The second-order valence-corrected chi connectivity index (χ2v) is 7.03. The average Bonchev–Trinajstić information content (AvgIpc) is 2.37. The van der Waals surface area contributed by atoms with Gasteiger partial charge in [-0.3, -0.25) is 0 Å². The maximum atomic E-state index is 12.0. The summed E-state index contributed by atoms with van der Waals surface area (Å²) < 4.78 is 27.5. The van der Waals surface area contributed by atoms with E-state index in [1.165, 1.54) is 0 Å². The van der Waals surface area contributed by atoms with E-state index in [1.807, 2.05) is 13.8 Å². The highest BCUT2D eigenvalue weighted by Gasteiger charge is 2.23. The predicted molar refractivity (Wildman–Crippen MR) is 76.8 cm³/mol. The van der Waals surface area contributed by atoms with Gasteiger partial charge in [0.05, 0.1) is 4.90 Å².